The smallest absolute Gasteiger partial charge is 0.191 e. The Labute approximate surface area is 170 Å². The third kappa shape index (κ3) is 4.70. The summed E-state index contributed by atoms with van der Waals surface area (Å²) in [6.07, 6.45) is 2.45. The van der Waals surface area contributed by atoms with Crippen LogP contribution in [-0.2, 0) is 25.8 Å². The first-order valence-electron chi connectivity index (χ1n) is 9.65. The fourth-order valence-electron chi connectivity index (χ4n) is 3.16. The molecule has 0 amide bonds. The molecule has 0 fully saturated rings. The molecule has 0 saturated heterocycles. The molecule has 1 aliphatic rings. The lowest BCUT2D eigenvalue weighted by Gasteiger charge is -2.20. The summed E-state index contributed by atoms with van der Waals surface area (Å²) in [7, 11) is 1.76. The molecule has 0 aliphatic carbocycles. The van der Waals surface area contributed by atoms with Gasteiger partial charge in [-0.2, -0.15) is 0 Å². The Bertz CT molecular complexity index is 814. The molecule has 0 saturated carbocycles. The molecule has 3 rings (SSSR count). The van der Waals surface area contributed by atoms with E-state index in [1.54, 1.807) is 7.05 Å². The van der Waals surface area contributed by atoms with Gasteiger partial charge < -0.3 is 24.6 Å². The summed E-state index contributed by atoms with van der Waals surface area (Å²) in [6.45, 7) is 6.55. The second-order valence-electron chi connectivity index (χ2n) is 6.44. The predicted molar refractivity (Wildman–Crippen MR) is 110 cm³/mol. The number of aromatic nitrogens is 1. The summed E-state index contributed by atoms with van der Waals surface area (Å²) in [5, 5.41) is 11.4. The van der Waals surface area contributed by atoms with E-state index < -0.39 is 0 Å². The maximum atomic E-state index is 6.30. The molecule has 7 nitrogen and oxygen atoms in total. The van der Waals surface area contributed by atoms with E-state index in [0.717, 1.165) is 47.8 Å². The van der Waals surface area contributed by atoms with Crippen LogP contribution in [0.1, 0.15) is 36.4 Å². The van der Waals surface area contributed by atoms with Crippen LogP contribution in [0.2, 0.25) is 5.02 Å². The standard InChI is InChI=1S/C20H27ClN4O3/c1-4-16-14(17(5-2)28-25-16)12-24-20(22-3)23-7-6-13-10-15(21)19-18(11-13)26-8-9-27-19/h10-11H,4-9,12H2,1-3H3,(H2,22,23,24). The number of rotatable bonds is 7. The van der Waals surface area contributed by atoms with Crippen LogP contribution < -0.4 is 20.1 Å². The Morgan fingerprint density at radius 1 is 1.18 bits per heavy atom. The van der Waals surface area contributed by atoms with Crippen molar-refractivity contribution < 1.29 is 14.0 Å². The fourth-order valence-corrected chi connectivity index (χ4v) is 3.45. The zero-order chi connectivity index (χ0) is 19.9. The number of aliphatic imine (C=N–C) groups is 1. The Balaban J connectivity index is 1.54. The summed E-state index contributed by atoms with van der Waals surface area (Å²) in [5.74, 6) is 3.00. The summed E-state index contributed by atoms with van der Waals surface area (Å²) in [5.41, 5.74) is 3.19. The number of hydrogen-bond acceptors (Lipinski definition) is 5. The van der Waals surface area contributed by atoms with E-state index in [9.17, 15) is 0 Å². The molecular weight excluding hydrogens is 380 g/mol. The van der Waals surface area contributed by atoms with E-state index >= 15 is 0 Å². The van der Waals surface area contributed by atoms with Crippen molar-refractivity contribution in [1.29, 1.82) is 0 Å². The fraction of sp³-hybridized carbons (Fsp3) is 0.500. The molecule has 2 aromatic rings. The number of aryl methyl sites for hydroxylation is 2. The molecule has 2 N–H and O–H groups in total. The Morgan fingerprint density at radius 3 is 2.75 bits per heavy atom. The molecule has 1 aliphatic heterocycles. The SMILES string of the molecule is CCc1noc(CC)c1CNC(=NC)NCCc1cc(Cl)c2c(c1)OCCO2. The number of nitrogens with one attached hydrogen (secondary N) is 2. The number of guanidine groups is 1. The van der Waals surface area contributed by atoms with Gasteiger partial charge in [-0.25, -0.2) is 0 Å². The largest absolute Gasteiger partial charge is 0.486 e. The van der Waals surface area contributed by atoms with Crippen LogP contribution in [0.15, 0.2) is 21.6 Å². The zero-order valence-electron chi connectivity index (χ0n) is 16.6. The second-order valence-corrected chi connectivity index (χ2v) is 6.85. The van der Waals surface area contributed by atoms with Crippen LogP contribution in [0.4, 0.5) is 0 Å². The maximum absolute atomic E-state index is 6.30. The predicted octanol–water partition coefficient (Wildman–Crippen LogP) is 3.13. The average molecular weight is 407 g/mol. The van der Waals surface area contributed by atoms with E-state index in [2.05, 4.69) is 34.6 Å². The lowest BCUT2D eigenvalue weighted by Crippen LogP contribution is -2.38. The van der Waals surface area contributed by atoms with E-state index in [4.69, 9.17) is 25.6 Å². The topological polar surface area (TPSA) is 80.9 Å². The first-order valence-corrected chi connectivity index (χ1v) is 10.0. The van der Waals surface area contributed by atoms with Crippen LogP contribution in [0, 0.1) is 0 Å². The van der Waals surface area contributed by atoms with Gasteiger partial charge in [-0.15, -0.1) is 0 Å². The summed E-state index contributed by atoms with van der Waals surface area (Å²) in [6, 6.07) is 3.90. The molecule has 152 valence electrons. The number of halogens is 1. The molecule has 1 aromatic carbocycles. The summed E-state index contributed by atoms with van der Waals surface area (Å²) < 4.78 is 16.6. The highest BCUT2D eigenvalue weighted by molar-refractivity contribution is 6.32. The average Bonchev–Trinajstić information content (AvgIpc) is 3.12. The van der Waals surface area contributed by atoms with Crippen molar-refractivity contribution in [2.75, 3.05) is 26.8 Å². The number of fused-ring (bicyclic) bond motifs is 1. The minimum atomic E-state index is 0.529. The van der Waals surface area contributed by atoms with Crippen LogP contribution >= 0.6 is 11.6 Å². The number of ether oxygens (including phenoxy) is 2. The van der Waals surface area contributed by atoms with Crippen molar-refractivity contribution in [3.63, 3.8) is 0 Å². The van der Waals surface area contributed by atoms with Crippen LogP contribution in [-0.4, -0.2) is 37.9 Å². The molecule has 0 bridgehead atoms. The highest BCUT2D eigenvalue weighted by Crippen LogP contribution is 2.38. The molecule has 0 unspecified atom stereocenters. The zero-order valence-corrected chi connectivity index (χ0v) is 17.4. The number of nitrogens with zero attached hydrogens (tertiary/aromatic N) is 2. The Morgan fingerprint density at radius 2 is 2.00 bits per heavy atom. The van der Waals surface area contributed by atoms with Crippen molar-refractivity contribution in [2.24, 2.45) is 4.99 Å². The molecule has 8 heteroatoms. The molecule has 2 heterocycles. The molecule has 1 aromatic heterocycles. The van der Waals surface area contributed by atoms with Crippen molar-refractivity contribution in [2.45, 2.75) is 39.7 Å². The van der Waals surface area contributed by atoms with Gasteiger partial charge in [0.1, 0.15) is 19.0 Å². The minimum absolute atomic E-state index is 0.529. The second kappa shape index (κ2) is 9.68. The van der Waals surface area contributed by atoms with Crippen molar-refractivity contribution in [3.05, 3.63) is 39.7 Å². The molecule has 28 heavy (non-hydrogen) atoms. The van der Waals surface area contributed by atoms with Gasteiger partial charge in [-0.1, -0.05) is 30.6 Å². The van der Waals surface area contributed by atoms with Gasteiger partial charge in [0.2, 0.25) is 0 Å². The van der Waals surface area contributed by atoms with E-state index in [1.165, 1.54) is 0 Å². The maximum Gasteiger partial charge on any atom is 0.191 e. The van der Waals surface area contributed by atoms with Gasteiger partial charge in [-0.05, 0) is 30.5 Å². The summed E-state index contributed by atoms with van der Waals surface area (Å²) >= 11 is 6.30. The molecular formula is C20H27ClN4O3. The van der Waals surface area contributed by atoms with Gasteiger partial charge in [0, 0.05) is 32.1 Å². The summed E-state index contributed by atoms with van der Waals surface area (Å²) in [4.78, 5) is 4.29. The van der Waals surface area contributed by atoms with E-state index in [-0.39, 0.29) is 0 Å². The van der Waals surface area contributed by atoms with E-state index in [0.29, 0.717) is 42.8 Å². The van der Waals surface area contributed by atoms with Crippen LogP contribution in [0.25, 0.3) is 0 Å². The van der Waals surface area contributed by atoms with Crippen molar-refractivity contribution >= 4 is 17.6 Å². The van der Waals surface area contributed by atoms with Gasteiger partial charge >= 0.3 is 0 Å². The van der Waals surface area contributed by atoms with Gasteiger partial charge in [0.15, 0.2) is 17.5 Å². The van der Waals surface area contributed by atoms with Crippen LogP contribution in [0.3, 0.4) is 0 Å². The van der Waals surface area contributed by atoms with Gasteiger partial charge in [0.05, 0.1) is 10.7 Å². The first kappa shape index (κ1) is 20.3. The molecule has 0 radical (unpaired) electrons. The minimum Gasteiger partial charge on any atom is -0.486 e. The van der Waals surface area contributed by atoms with E-state index in [1.807, 2.05) is 12.1 Å². The normalized spacial score (nSPS) is 13.5. The number of hydrogen-bond donors (Lipinski definition) is 2. The van der Waals surface area contributed by atoms with Crippen molar-refractivity contribution in [3.8, 4) is 11.5 Å². The molecule has 0 spiro atoms. The third-order valence-electron chi connectivity index (χ3n) is 4.63. The monoisotopic (exact) mass is 406 g/mol. The van der Waals surface area contributed by atoms with Crippen molar-refractivity contribution in [1.82, 2.24) is 15.8 Å². The highest BCUT2D eigenvalue weighted by Gasteiger charge is 2.17. The van der Waals surface area contributed by atoms with Crippen LogP contribution in [0.5, 0.6) is 11.5 Å². The first-order chi connectivity index (χ1) is 13.7. The quantitative estimate of drug-likeness (QED) is 0.543. The third-order valence-corrected chi connectivity index (χ3v) is 4.91. The lowest BCUT2D eigenvalue weighted by molar-refractivity contribution is 0.171. The van der Waals surface area contributed by atoms with Gasteiger partial charge in [0.25, 0.3) is 0 Å². The Kier molecular flexibility index (Phi) is 7.03. The number of benzene rings is 1. The molecule has 0 atom stereocenters. The lowest BCUT2D eigenvalue weighted by atomic mass is 10.1. The van der Waals surface area contributed by atoms with Gasteiger partial charge in [-0.3, -0.25) is 4.99 Å². The Hall–Kier alpha value is -2.41. The highest BCUT2D eigenvalue weighted by atomic mass is 35.5.